The molecule has 1 saturated carbocycles. The SMILES string of the molecule is CC(C)n1cnnc1CN(C)C(=O)c1cc2cc(Cl)c3c(c2o1)C1(CCCCC1)NC(=O)N3. The van der Waals surface area contributed by atoms with Crippen LogP contribution in [0.4, 0.5) is 10.5 Å². The van der Waals surface area contributed by atoms with Crippen molar-refractivity contribution in [3.8, 4) is 0 Å². The molecule has 1 spiro atoms. The van der Waals surface area contributed by atoms with E-state index in [1.54, 1.807) is 30.4 Å². The molecule has 2 N–H and O–H groups in total. The highest BCUT2D eigenvalue weighted by molar-refractivity contribution is 6.35. The molecule has 3 aromatic rings. The zero-order valence-electron chi connectivity index (χ0n) is 18.9. The Morgan fingerprint density at radius 3 is 2.79 bits per heavy atom. The molecule has 3 heterocycles. The maximum Gasteiger partial charge on any atom is 0.319 e. The first-order valence-electron chi connectivity index (χ1n) is 11.3. The zero-order chi connectivity index (χ0) is 23.3. The van der Waals surface area contributed by atoms with Gasteiger partial charge in [-0.25, -0.2) is 4.79 Å². The van der Waals surface area contributed by atoms with Crippen molar-refractivity contribution >= 4 is 40.2 Å². The molecule has 1 aromatic carbocycles. The monoisotopic (exact) mass is 470 g/mol. The lowest BCUT2D eigenvalue weighted by Gasteiger charge is -2.42. The van der Waals surface area contributed by atoms with E-state index in [0.717, 1.165) is 43.1 Å². The van der Waals surface area contributed by atoms with E-state index in [1.165, 1.54) is 0 Å². The molecular weight excluding hydrogens is 444 g/mol. The van der Waals surface area contributed by atoms with Gasteiger partial charge in [-0.3, -0.25) is 4.79 Å². The fourth-order valence-electron chi connectivity index (χ4n) is 5.07. The van der Waals surface area contributed by atoms with Gasteiger partial charge in [-0.2, -0.15) is 0 Å². The van der Waals surface area contributed by atoms with Crippen LogP contribution in [0.1, 0.15) is 73.9 Å². The van der Waals surface area contributed by atoms with Gasteiger partial charge in [0.05, 0.1) is 22.8 Å². The fraction of sp³-hybridized carbons (Fsp3) is 0.478. The van der Waals surface area contributed by atoms with Crippen molar-refractivity contribution in [3.05, 3.63) is 40.6 Å². The molecule has 3 amide bonds. The summed E-state index contributed by atoms with van der Waals surface area (Å²) in [5, 5.41) is 15.3. The Morgan fingerprint density at radius 1 is 1.30 bits per heavy atom. The number of hydrogen-bond acceptors (Lipinski definition) is 5. The first-order valence-corrected chi connectivity index (χ1v) is 11.7. The van der Waals surface area contributed by atoms with Crippen molar-refractivity contribution in [2.45, 2.75) is 64.1 Å². The van der Waals surface area contributed by atoms with E-state index in [-0.39, 0.29) is 23.7 Å². The van der Waals surface area contributed by atoms with Crippen molar-refractivity contribution in [1.29, 1.82) is 0 Å². The summed E-state index contributed by atoms with van der Waals surface area (Å²) in [5.41, 5.74) is 1.45. The summed E-state index contributed by atoms with van der Waals surface area (Å²) >= 11 is 6.58. The number of amides is 3. The van der Waals surface area contributed by atoms with Crippen molar-refractivity contribution in [2.24, 2.45) is 0 Å². The van der Waals surface area contributed by atoms with Crippen LogP contribution in [0, 0.1) is 0 Å². The Labute approximate surface area is 196 Å². The molecule has 2 aliphatic rings. The summed E-state index contributed by atoms with van der Waals surface area (Å²) in [7, 11) is 1.71. The Hall–Kier alpha value is -3.07. The van der Waals surface area contributed by atoms with Crippen LogP contribution in [0.25, 0.3) is 11.0 Å². The molecule has 9 nitrogen and oxygen atoms in total. The predicted octanol–water partition coefficient (Wildman–Crippen LogP) is 4.83. The Morgan fingerprint density at radius 2 is 2.06 bits per heavy atom. The summed E-state index contributed by atoms with van der Waals surface area (Å²) in [4.78, 5) is 27.2. The summed E-state index contributed by atoms with van der Waals surface area (Å²) in [6.07, 6.45) is 6.39. The third-order valence-electron chi connectivity index (χ3n) is 6.68. The summed E-state index contributed by atoms with van der Waals surface area (Å²) in [6, 6.07) is 3.39. The first-order chi connectivity index (χ1) is 15.8. The van der Waals surface area contributed by atoms with Crippen LogP contribution in [-0.2, 0) is 12.1 Å². The highest BCUT2D eigenvalue weighted by Crippen LogP contribution is 2.49. The van der Waals surface area contributed by atoms with Gasteiger partial charge >= 0.3 is 6.03 Å². The number of halogens is 1. The van der Waals surface area contributed by atoms with E-state index < -0.39 is 5.54 Å². The normalized spacial score (nSPS) is 17.2. The van der Waals surface area contributed by atoms with Crippen LogP contribution in [0.15, 0.2) is 22.9 Å². The Balaban J connectivity index is 1.54. The van der Waals surface area contributed by atoms with Gasteiger partial charge < -0.3 is 24.5 Å². The molecule has 0 saturated heterocycles. The number of aromatic nitrogens is 3. The maximum absolute atomic E-state index is 13.3. The zero-order valence-corrected chi connectivity index (χ0v) is 19.7. The van der Waals surface area contributed by atoms with Gasteiger partial charge in [0.2, 0.25) is 0 Å². The third-order valence-corrected chi connectivity index (χ3v) is 6.97. The van der Waals surface area contributed by atoms with Crippen LogP contribution < -0.4 is 10.6 Å². The van der Waals surface area contributed by atoms with Gasteiger partial charge in [0.15, 0.2) is 11.6 Å². The van der Waals surface area contributed by atoms with Gasteiger partial charge in [-0.15, -0.1) is 10.2 Å². The summed E-state index contributed by atoms with van der Waals surface area (Å²) in [5.74, 6) is 0.653. The number of carbonyl (C=O) groups is 2. The highest BCUT2D eigenvalue weighted by Gasteiger charge is 2.44. The molecule has 1 aliphatic heterocycles. The summed E-state index contributed by atoms with van der Waals surface area (Å²) in [6.45, 7) is 4.37. The average Bonchev–Trinajstić information content (AvgIpc) is 3.40. The first kappa shape index (κ1) is 21.8. The van der Waals surface area contributed by atoms with E-state index in [1.807, 2.05) is 18.4 Å². The number of furan rings is 1. The molecule has 10 heteroatoms. The van der Waals surface area contributed by atoms with E-state index in [9.17, 15) is 9.59 Å². The van der Waals surface area contributed by atoms with Crippen LogP contribution >= 0.6 is 11.6 Å². The van der Waals surface area contributed by atoms with Gasteiger partial charge in [0.25, 0.3) is 5.91 Å². The number of fused-ring (bicyclic) bond motifs is 4. The van der Waals surface area contributed by atoms with Gasteiger partial charge in [0.1, 0.15) is 11.9 Å². The molecule has 2 aromatic heterocycles. The van der Waals surface area contributed by atoms with Gasteiger partial charge in [-0.05, 0) is 38.8 Å². The molecule has 1 aliphatic carbocycles. The van der Waals surface area contributed by atoms with Gasteiger partial charge in [-0.1, -0.05) is 30.9 Å². The van der Waals surface area contributed by atoms with Crippen molar-refractivity contribution in [3.63, 3.8) is 0 Å². The quantitative estimate of drug-likeness (QED) is 0.568. The lowest BCUT2D eigenvalue weighted by molar-refractivity contribution is 0.0749. The topological polar surface area (TPSA) is 105 Å². The minimum absolute atomic E-state index is 0.188. The third kappa shape index (κ3) is 3.64. The number of hydrogen-bond donors (Lipinski definition) is 2. The number of nitrogens with one attached hydrogen (secondary N) is 2. The maximum atomic E-state index is 13.3. The summed E-state index contributed by atoms with van der Waals surface area (Å²) < 4.78 is 8.11. The number of urea groups is 1. The van der Waals surface area contributed by atoms with Crippen LogP contribution in [0.2, 0.25) is 5.02 Å². The number of nitrogens with zero attached hydrogens (tertiary/aromatic N) is 4. The van der Waals surface area contributed by atoms with Crippen molar-refractivity contribution in [2.75, 3.05) is 12.4 Å². The second kappa shape index (κ2) is 8.06. The number of benzene rings is 1. The second-order valence-corrected chi connectivity index (χ2v) is 9.68. The van der Waals surface area contributed by atoms with E-state index in [4.69, 9.17) is 16.0 Å². The van der Waals surface area contributed by atoms with E-state index >= 15 is 0 Å². The fourth-order valence-corrected chi connectivity index (χ4v) is 5.33. The molecule has 0 bridgehead atoms. The largest absolute Gasteiger partial charge is 0.450 e. The minimum atomic E-state index is -0.545. The van der Waals surface area contributed by atoms with Crippen LogP contribution in [0.5, 0.6) is 0 Å². The molecule has 174 valence electrons. The predicted molar refractivity (Wildman–Crippen MR) is 124 cm³/mol. The molecule has 0 unspecified atom stereocenters. The van der Waals surface area contributed by atoms with Gasteiger partial charge in [0, 0.05) is 24.0 Å². The standard InChI is InChI=1S/C23H27ClN6O3/c1-13(2)30-12-25-28-17(30)11-29(3)21(31)16-10-14-9-15(24)19-18(20(14)33-16)23(27-22(32)26-19)7-5-4-6-8-23/h9-10,12-13H,4-8,11H2,1-3H3,(H2,26,27,32). The molecule has 1 fully saturated rings. The average molecular weight is 471 g/mol. The minimum Gasteiger partial charge on any atom is -0.450 e. The van der Waals surface area contributed by atoms with Crippen molar-refractivity contribution in [1.82, 2.24) is 25.0 Å². The van der Waals surface area contributed by atoms with Crippen LogP contribution in [-0.4, -0.2) is 38.7 Å². The smallest absolute Gasteiger partial charge is 0.319 e. The number of anilines is 1. The second-order valence-electron chi connectivity index (χ2n) is 9.27. The van der Waals surface area contributed by atoms with E-state index in [2.05, 4.69) is 20.8 Å². The Kier molecular flexibility index (Phi) is 5.31. The molecule has 0 atom stereocenters. The van der Waals surface area contributed by atoms with Crippen LogP contribution in [0.3, 0.4) is 0 Å². The van der Waals surface area contributed by atoms with Crippen molar-refractivity contribution < 1.29 is 14.0 Å². The highest BCUT2D eigenvalue weighted by atomic mass is 35.5. The number of rotatable bonds is 4. The molecule has 33 heavy (non-hydrogen) atoms. The molecular formula is C23H27ClN6O3. The van der Waals surface area contributed by atoms with E-state index in [0.29, 0.717) is 28.7 Å². The lowest BCUT2D eigenvalue weighted by Crippen LogP contribution is -2.52. The lowest BCUT2D eigenvalue weighted by atomic mass is 9.74. The Bertz CT molecular complexity index is 1240. The number of carbonyl (C=O) groups excluding carboxylic acids is 2. The molecule has 5 rings (SSSR count). The molecule has 0 radical (unpaired) electrons.